The van der Waals surface area contributed by atoms with E-state index in [1.807, 2.05) is 6.92 Å². The maximum atomic E-state index is 13.0. The number of thiocarbonyl (C=S) groups is 1. The fraction of sp³-hybridized carbons (Fsp3) is 0.385. The van der Waals surface area contributed by atoms with Crippen molar-refractivity contribution >= 4 is 43.8 Å². The summed E-state index contributed by atoms with van der Waals surface area (Å²) in [6, 6.07) is 12.1. The first-order valence-electron chi connectivity index (χ1n) is 11.7. The van der Waals surface area contributed by atoms with E-state index in [9.17, 15) is 8.42 Å². The van der Waals surface area contributed by atoms with Gasteiger partial charge in [-0.1, -0.05) is 43.5 Å². The number of benzene rings is 2. The lowest BCUT2D eigenvalue weighted by Gasteiger charge is -2.22. The van der Waals surface area contributed by atoms with Gasteiger partial charge in [0.15, 0.2) is 10.2 Å². The molecule has 1 heterocycles. The van der Waals surface area contributed by atoms with Crippen molar-refractivity contribution in [3.8, 4) is 17.0 Å². The van der Waals surface area contributed by atoms with Crippen LogP contribution in [0.15, 0.2) is 41.3 Å². The number of ether oxygens (including phenoxy) is 1. The van der Waals surface area contributed by atoms with Crippen molar-refractivity contribution in [3.63, 3.8) is 0 Å². The number of hydrogen-bond donors (Lipinski definition) is 2. The highest BCUT2D eigenvalue weighted by molar-refractivity contribution is 7.92. The molecule has 35 heavy (non-hydrogen) atoms. The highest BCUT2D eigenvalue weighted by Crippen LogP contribution is 2.35. The number of sulfonamides is 1. The molecule has 1 aliphatic rings. The minimum Gasteiger partial charge on any atom is -0.497 e. The molecule has 2 N–H and O–H groups in total. The lowest BCUT2D eigenvalue weighted by molar-refractivity contribution is 0.413. The van der Waals surface area contributed by atoms with Gasteiger partial charge in [-0.2, -0.15) is 0 Å². The number of nitrogens with zero attached hydrogens (tertiary/aromatic N) is 1. The minimum absolute atomic E-state index is 0.0208. The van der Waals surface area contributed by atoms with Crippen molar-refractivity contribution in [2.45, 2.75) is 63.7 Å². The molecule has 0 atom stereocenters. The molecule has 0 bridgehead atoms. The normalized spacial score (nSPS) is 14.5. The second-order valence-electron chi connectivity index (χ2n) is 9.03. The van der Waals surface area contributed by atoms with Crippen LogP contribution in [0.4, 0.5) is 5.13 Å². The van der Waals surface area contributed by atoms with Crippen molar-refractivity contribution in [1.29, 1.82) is 0 Å². The first-order valence-corrected chi connectivity index (χ1v) is 14.5. The third-order valence-corrected chi connectivity index (χ3v) is 9.32. The number of hydrogen-bond acceptors (Lipinski definition) is 6. The molecule has 1 saturated carbocycles. The van der Waals surface area contributed by atoms with E-state index in [4.69, 9.17) is 21.9 Å². The second kappa shape index (κ2) is 10.6. The van der Waals surface area contributed by atoms with Crippen LogP contribution in [0.25, 0.3) is 11.3 Å². The van der Waals surface area contributed by atoms with E-state index in [1.165, 1.54) is 49.0 Å². The van der Waals surface area contributed by atoms with E-state index < -0.39 is 10.0 Å². The quantitative estimate of drug-likeness (QED) is 0.356. The highest BCUT2D eigenvalue weighted by atomic mass is 32.2. The van der Waals surface area contributed by atoms with Crippen LogP contribution in [0.1, 0.15) is 59.6 Å². The molecular weight excluding hydrogens is 499 g/mol. The molecule has 2 aromatic carbocycles. The molecule has 9 heteroatoms. The Morgan fingerprint density at radius 1 is 1.06 bits per heavy atom. The van der Waals surface area contributed by atoms with Gasteiger partial charge in [0.2, 0.25) is 0 Å². The van der Waals surface area contributed by atoms with Gasteiger partial charge in [-0.15, -0.1) is 11.3 Å². The Bertz CT molecular complexity index is 1300. The molecular formula is C26H31N3O3S3. The Kier molecular flexibility index (Phi) is 7.78. The molecule has 0 saturated heterocycles. The van der Waals surface area contributed by atoms with Gasteiger partial charge in [-0.05, 0) is 80.6 Å². The molecule has 0 amide bonds. The molecule has 1 aliphatic carbocycles. The lowest BCUT2D eigenvalue weighted by atomic mass is 9.84. The van der Waals surface area contributed by atoms with Crippen molar-refractivity contribution in [1.82, 2.24) is 9.71 Å². The van der Waals surface area contributed by atoms with Crippen molar-refractivity contribution < 1.29 is 13.2 Å². The summed E-state index contributed by atoms with van der Waals surface area (Å²) in [7, 11) is -2.32. The fourth-order valence-corrected chi connectivity index (χ4v) is 7.51. The average molecular weight is 530 g/mol. The highest BCUT2D eigenvalue weighted by Gasteiger charge is 2.22. The van der Waals surface area contributed by atoms with Gasteiger partial charge in [-0.25, -0.2) is 13.4 Å². The monoisotopic (exact) mass is 529 g/mol. The molecule has 1 aromatic heterocycles. The summed E-state index contributed by atoms with van der Waals surface area (Å²) in [6.45, 7) is 5.47. The van der Waals surface area contributed by atoms with Crippen LogP contribution >= 0.6 is 23.6 Å². The van der Waals surface area contributed by atoms with E-state index in [0.29, 0.717) is 27.9 Å². The molecule has 186 valence electrons. The third-order valence-electron chi connectivity index (χ3n) is 6.44. The minimum atomic E-state index is -3.87. The van der Waals surface area contributed by atoms with Gasteiger partial charge in [0, 0.05) is 10.4 Å². The fourth-order valence-electron chi connectivity index (χ4n) is 4.81. The average Bonchev–Trinajstić information content (AvgIpc) is 3.18. The number of rotatable bonds is 6. The Hall–Kier alpha value is -2.49. The SMILES string of the molecule is COc1cc(C)c(S(=O)(=O)NC(=S)Nc2nc(-c3ccc(C4CCCCC4)cc3)c(C)s2)c(C)c1. The Balaban J connectivity index is 1.47. The van der Waals surface area contributed by atoms with Crippen LogP contribution in [-0.2, 0) is 10.0 Å². The summed E-state index contributed by atoms with van der Waals surface area (Å²) in [5, 5.41) is 3.47. The van der Waals surface area contributed by atoms with Crippen LogP contribution < -0.4 is 14.8 Å². The number of aromatic nitrogens is 1. The molecule has 0 spiro atoms. The van der Waals surface area contributed by atoms with Crippen LogP contribution in [0, 0.1) is 20.8 Å². The van der Waals surface area contributed by atoms with Gasteiger partial charge < -0.3 is 10.1 Å². The number of anilines is 1. The molecule has 1 fully saturated rings. The zero-order chi connectivity index (χ0) is 25.2. The Morgan fingerprint density at radius 2 is 1.69 bits per heavy atom. The predicted octanol–water partition coefficient (Wildman–Crippen LogP) is 6.47. The number of nitrogens with one attached hydrogen (secondary N) is 2. The molecule has 0 unspecified atom stereocenters. The van der Waals surface area contributed by atoms with E-state index in [-0.39, 0.29) is 10.0 Å². The van der Waals surface area contributed by atoms with Gasteiger partial charge >= 0.3 is 0 Å². The van der Waals surface area contributed by atoms with E-state index in [0.717, 1.165) is 16.1 Å². The summed E-state index contributed by atoms with van der Waals surface area (Å²) in [4.78, 5) is 5.92. The zero-order valence-corrected chi connectivity index (χ0v) is 22.9. The predicted molar refractivity (Wildman–Crippen MR) is 147 cm³/mol. The second-order valence-corrected chi connectivity index (χ2v) is 12.3. The third kappa shape index (κ3) is 5.85. The molecule has 6 nitrogen and oxygen atoms in total. The van der Waals surface area contributed by atoms with Gasteiger partial charge in [-0.3, -0.25) is 4.72 Å². The lowest BCUT2D eigenvalue weighted by Crippen LogP contribution is -2.34. The van der Waals surface area contributed by atoms with E-state index in [1.54, 1.807) is 33.1 Å². The topological polar surface area (TPSA) is 80.3 Å². The standard InChI is InChI=1S/C26H31N3O3S3/c1-16-14-22(32-4)15-17(2)24(16)35(30,31)29-25(33)28-26-27-23(18(3)34-26)21-12-10-20(11-13-21)19-8-6-5-7-9-19/h10-15,19H,5-9H2,1-4H3,(H2,27,28,29,33). The molecule has 3 aromatic rings. The van der Waals surface area contributed by atoms with Gasteiger partial charge in [0.25, 0.3) is 10.0 Å². The summed E-state index contributed by atoms with van der Waals surface area (Å²) < 4.78 is 33.8. The van der Waals surface area contributed by atoms with Crippen molar-refractivity contribution in [3.05, 3.63) is 58.0 Å². The molecule has 0 radical (unpaired) electrons. The van der Waals surface area contributed by atoms with E-state index >= 15 is 0 Å². The number of methoxy groups -OCH3 is 1. The van der Waals surface area contributed by atoms with Crippen molar-refractivity contribution in [2.75, 3.05) is 12.4 Å². The number of thiazole rings is 1. The van der Waals surface area contributed by atoms with Crippen LogP contribution in [0.3, 0.4) is 0 Å². The molecule has 4 rings (SSSR count). The summed E-state index contributed by atoms with van der Waals surface area (Å²) >= 11 is 6.76. The molecule has 0 aliphatic heterocycles. The maximum Gasteiger partial charge on any atom is 0.264 e. The Labute approximate surface area is 217 Å². The van der Waals surface area contributed by atoms with E-state index in [2.05, 4.69) is 34.3 Å². The summed E-state index contributed by atoms with van der Waals surface area (Å²) in [6.07, 6.45) is 6.51. The van der Waals surface area contributed by atoms with Gasteiger partial charge in [0.1, 0.15) is 5.75 Å². The Morgan fingerprint density at radius 3 is 2.29 bits per heavy atom. The van der Waals surface area contributed by atoms with Gasteiger partial charge in [0.05, 0.1) is 17.7 Å². The van der Waals surface area contributed by atoms with Crippen LogP contribution in [0.5, 0.6) is 5.75 Å². The largest absolute Gasteiger partial charge is 0.497 e. The first-order chi connectivity index (χ1) is 16.7. The smallest absolute Gasteiger partial charge is 0.264 e. The summed E-state index contributed by atoms with van der Waals surface area (Å²) in [5.74, 6) is 1.27. The van der Waals surface area contributed by atoms with Crippen LogP contribution in [0.2, 0.25) is 0 Å². The van der Waals surface area contributed by atoms with Crippen molar-refractivity contribution in [2.24, 2.45) is 0 Å². The number of aryl methyl sites for hydroxylation is 3. The zero-order valence-electron chi connectivity index (χ0n) is 20.5. The first kappa shape index (κ1) is 25.6. The summed E-state index contributed by atoms with van der Waals surface area (Å²) in [5.41, 5.74) is 4.49. The van der Waals surface area contributed by atoms with Crippen LogP contribution in [-0.4, -0.2) is 25.6 Å². The maximum absolute atomic E-state index is 13.0.